The Balaban J connectivity index is 2.18. The monoisotopic (exact) mass is 298 g/mol. The van der Waals surface area contributed by atoms with E-state index >= 15 is 0 Å². The van der Waals surface area contributed by atoms with Crippen molar-refractivity contribution >= 4 is 33.0 Å². The van der Waals surface area contributed by atoms with Crippen molar-refractivity contribution in [2.24, 2.45) is 0 Å². The summed E-state index contributed by atoms with van der Waals surface area (Å²) in [6, 6.07) is 9.81. The molecule has 4 heteroatoms. The summed E-state index contributed by atoms with van der Waals surface area (Å²) in [5, 5.41) is 0. The molecular formula is C12H8BrFOS. The van der Waals surface area contributed by atoms with Crippen molar-refractivity contribution < 1.29 is 9.18 Å². The Morgan fingerprint density at radius 1 is 1.25 bits per heavy atom. The summed E-state index contributed by atoms with van der Waals surface area (Å²) >= 11 is 4.82. The fraction of sp³-hybridized carbons (Fsp3) is 0.0833. The van der Waals surface area contributed by atoms with Crippen LogP contribution in [-0.4, -0.2) is 5.78 Å². The molecule has 0 fully saturated rings. The van der Waals surface area contributed by atoms with Crippen LogP contribution in [0.5, 0.6) is 0 Å². The van der Waals surface area contributed by atoms with Crippen LogP contribution in [0.4, 0.5) is 4.39 Å². The van der Waals surface area contributed by atoms with Crippen molar-refractivity contribution in [3.05, 3.63) is 56.4 Å². The summed E-state index contributed by atoms with van der Waals surface area (Å²) in [6.07, 6.45) is 0.247. The molecular weight excluding hydrogens is 291 g/mol. The Labute approximate surface area is 105 Å². The van der Waals surface area contributed by atoms with Gasteiger partial charge in [-0.25, -0.2) is 4.39 Å². The van der Waals surface area contributed by atoms with Gasteiger partial charge in [0, 0.05) is 11.3 Å². The lowest BCUT2D eigenvalue weighted by Crippen LogP contribution is -2.04. The molecule has 0 saturated carbocycles. The number of hydrogen-bond donors (Lipinski definition) is 0. The van der Waals surface area contributed by atoms with E-state index in [9.17, 15) is 9.18 Å². The molecule has 1 aromatic carbocycles. The van der Waals surface area contributed by atoms with Crippen LogP contribution in [0, 0.1) is 5.82 Å². The Kier molecular flexibility index (Phi) is 3.51. The van der Waals surface area contributed by atoms with Crippen molar-refractivity contribution in [2.75, 3.05) is 0 Å². The zero-order valence-corrected chi connectivity index (χ0v) is 10.6. The van der Waals surface area contributed by atoms with Gasteiger partial charge in [0.2, 0.25) is 0 Å². The zero-order valence-electron chi connectivity index (χ0n) is 8.24. The first-order chi connectivity index (χ1) is 7.66. The lowest BCUT2D eigenvalue weighted by atomic mass is 10.1. The molecule has 2 aromatic rings. The number of benzene rings is 1. The maximum absolute atomic E-state index is 13.3. The molecule has 0 aliphatic carbocycles. The maximum Gasteiger partial charge on any atom is 0.170 e. The molecule has 82 valence electrons. The van der Waals surface area contributed by atoms with Crippen LogP contribution in [0.15, 0.2) is 40.2 Å². The molecule has 0 unspecified atom stereocenters. The Morgan fingerprint density at radius 3 is 2.62 bits per heavy atom. The minimum atomic E-state index is -0.455. The molecule has 0 aliphatic heterocycles. The van der Waals surface area contributed by atoms with Crippen LogP contribution < -0.4 is 0 Å². The summed E-state index contributed by atoms with van der Waals surface area (Å²) in [7, 11) is 0. The molecule has 2 rings (SSSR count). The summed E-state index contributed by atoms with van der Waals surface area (Å²) in [5.74, 6) is -0.643. The van der Waals surface area contributed by atoms with Crippen LogP contribution >= 0.6 is 27.3 Å². The number of carbonyl (C=O) groups excluding carboxylic acids is 1. The second-order valence-electron chi connectivity index (χ2n) is 3.29. The Morgan fingerprint density at radius 2 is 2.00 bits per heavy atom. The SMILES string of the molecule is O=C(Cc1ccc(Br)s1)c1ccccc1F. The Bertz CT molecular complexity index is 521. The van der Waals surface area contributed by atoms with Crippen molar-refractivity contribution in [1.82, 2.24) is 0 Å². The lowest BCUT2D eigenvalue weighted by Gasteiger charge is -2.00. The molecule has 0 N–H and O–H groups in total. The van der Waals surface area contributed by atoms with Gasteiger partial charge in [-0.15, -0.1) is 11.3 Å². The second-order valence-corrected chi connectivity index (χ2v) is 5.83. The summed E-state index contributed by atoms with van der Waals surface area (Å²) in [4.78, 5) is 12.7. The standard InChI is InChI=1S/C12H8BrFOS/c13-12-6-5-8(16-12)7-11(15)9-3-1-2-4-10(9)14/h1-6H,7H2. The van der Waals surface area contributed by atoms with Gasteiger partial charge in [0.1, 0.15) is 5.82 Å². The average molecular weight is 299 g/mol. The van der Waals surface area contributed by atoms with Crippen LogP contribution in [0.3, 0.4) is 0 Å². The molecule has 16 heavy (non-hydrogen) atoms. The van der Waals surface area contributed by atoms with E-state index in [1.807, 2.05) is 12.1 Å². The van der Waals surface area contributed by atoms with Crippen LogP contribution in [0.2, 0.25) is 0 Å². The van der Waals surface area contributed by atoms with Gasteiger partial charge in [0.25, 0.3) is 0 Å². The molecule has 0 aliphatic rings. The molecule has 0 atom stereocenters. The molecule has 0 radical (unpaired) electrons. The highest BCUT2D eigenvalue weighted by Gasteiger charge is 2.12. The van der Waals surface area contributed by atoms with Crippen LogP contribution in [0.1, 0.15) is 15.2 Å². The second kappa shape index (κ2) is 4.89. The highest BCUT2D eigenvalue weighted by Crippen LogP contribution is 2.23. The number of ketones is 1. The van der Waals surface area contributed by atoms with Crippen molar-refractivity contribution in [2.45, 2.75) is 6.42 Å². The highest BCUT2D eigenvalue weighted by atomic mass is 79.9. The lowest BCUT2D eigenvalue weighted by molar-refractivity contribution is 0.0990. The van der Waals surface area contributed by atoms with E-state index in [1.165, 1.54) is 23.5 Å². The maximum atomic E-state index is 13.3. The van der Waals surface area contributed by atoms with Gasteiger partial charge in [-0.1, -0.05) is 12.1 Å². The minimum Gasteiger partial charge on any atom is -0.294 e. The first kappa shape index (κ1) is 11.5. The summed E-state index contributed by atoms with van der Waals surface area (Å²) < 4.78 is 14.3. The third kappa shape index (κ3) is 2.57. The van der Waals surface area contributed by atoms with Crippen LogP contribution in [-0.2, 0) is 6.42 Å². The fourth-order valence-corrected chi connectivity index (χ4v) is 2.87. The molecule has 1 aromatic heterocycles. The number of carbonyl (C=O) groups is 1. The van der Waals surface area contributed by atoms with E-state index in [1.54, 1.807) is 12.1 Å². The van der Waals surface area contributed by atoms with Gasteiger partial charge < -0.3 is 0 Å². The van der Waals surface area contributed by atoms with Gasteiger partial charge >= 0.3 is 0 Å². The molecule has 1 heterocycles. The van der Waals surface area contributed by atoms with E-state index in [0.29, 0.717) is 0 Å². The number of Topliss-reactive ketones (excluding diaryl/α,β-unsaturated/α-hetero) is 1. The van der Waals surface area contributed by atoms with Crippen molar-refractivity contribution in [3.63, 3.8) is 0 Å². The zero-order chi connectivity index (χ0) is 11.5. The van der Waals surface area contributed by atoms with Crippen LogP contribution in [0.25, 0.3) is 0 Å². The molecule has 0 bridgehead atoms. The predicted molar refractivity (Wildman–Crippen MR) is 66.5 cm³/mol. The Hall–Kier alpha value is -1.00. The molecule has 0 spiro atoms. The predicted octanol–water partition coefficient (Wildman–Crippen LogP) is 4.08. The first-order valence-corrected chi connectivity index (χ1v) is 6.29. The largest absolute Gasteiger partial charge is 0.294 e. The summed E-state index contributed by atoms with van der Waals surface area (Å²) in [6.45, 7) is 0. The third-order valence-corrected chi connectivity index (χ3v) is 3.76. The van der Waals surface area contributed by atoms with Gasteiger partial charge in [-0.2, -0.15) is 0 Å². The number of halogens is 2. The average Bonchev–Trinajstić information content (AvgIpc) is 2.64. The topological polar surface area (TPSA) is 17.1 Å². The van der Waals surface area contributed by atoms with E-state index in [-0.39, 0.29) is 17.8 Å². The van der Waals surface area contributed by atoms with Gasteiger partial charge in [0.05, 0.1) is 9.35 Å². The minimum absolute atomic E-state index is 0.159. The highest BCUT2D eigenvalue weighted by molar-refractivity contribution is 9.11. The quantitative estimate of drug-likeness (QED) is 0.781. The van der Waals surface area contributed by atoms with Gasteiger partial charge in [-0.05, 0) is 40.2 Å². The first-order valence-electron chi connectivity index (χ1n) is 4.69. The van der Waals surface area contributed by atoms with E-state index in [4.69, 9.17) is 0 Å². The van der Waals surface area contributed by atoms with Crippen molar-refractivity contribution in [3.8, 4) is 0 Å². The van der Waals surface area contributed by atoms with E-state index in [2.05, 4.69) is 15.9 Å². The normalized spacial score (nSPS) is 10.4. The van der Waals surface area contributed by atoms with Gasteiger partial charge in [0.15, 0.2) is 5.78 Å². The van der Waals surface area contributed by atoms with E-state index in [0.717, 1.165) is 8.66 Å². The molecule has 1 nitrogen and oxygen atoms in total. The molecule has 0 amide bonds. The smallest absolute Gasteiger partial charge is 0.170 e. The number of thiophene rings is 1. The van der Waals surface area contributed by atoms with Crippen molar-refractivity contribution in [1.29, 1.82) is 0 Å². The summed E-state index contributed by atoms with van der Waals surface area (Å²) in [5.41, 5.74) is 0.159. The third-order valence-electron chi connectivity index (χ3n) is 2.14. The fourth-order valence-electron chi connectivity index (χ4n) is 1.39. The number of rotatable bonds is 3. The number of hydrogen-bond acceptors (Lipinski definition) is 2. The van der Waals surface area contributed by atoms with E-state index < -0.39 is 5.82 Å². The molecule has 0 saturated heterocycles. The van der Waals surface area contributed by atoms with Gasteiger partial charge in [-0.3, -0.25) is 4.79 Å².